The van der Waals surface area contributed by atoms with Crippen LogP contribution in [-0.2, 0) is 26.5 Å². The maximum Gasteiger partial charge on any atom is 0.194 e. The standard InChI is InChI=1S/C34H28N5O.C19H26NSi.Ir/c1-20(2)27-17-23(22-11-6-5-7-12-22)18-28(21(3)4)31(27)39-29-19-35-38-37-33(29)36-34(39)26-15-10-14-25-24-13-8-9-16-30(24)40-32(25)26;1-19(2,3)13-16-12-17(15-10-8-7-9-11-15)20-14-18(16)21(4,5)6;/h5-14,16-21H,1-4H3;7-10,12,14H,13H2,1-6H3;/q2*-1;. The molecule has 62 heavy (non-hydrogen) atoms. The second-order valence-corrected chi connectivity index (χ2v) is 23.8. The molecule has 0 amide bonds. The molecule has 0 fully saturated rings. The van der Waals surface area contributed by atoms with Gasteiger partial charge in [0.1, 0.15) is 11.1 Å². The molecule has 4 heterocycles. The van der Waals surface area contributed by atoms with Gasteiger partial charge in [-0.15, -0.1) is 64.3 Å². The second-order valence-electron chi connectivity index (χ2n) is 18.8. The molecule has 9 aromatic rings. The van der Waals surface area contributed by atoms with Crippen molar-refractivity contribution in [3.63, 3.8) is 0 Å². The molecule has 0 aliphatic rings. The fourth-order valence-corrected chi connectivity index (χ4v) is 9.79. The maximum absolute atomic E-state index is 6.42. The van der Waals surface area contributed by atoms with Crippen molar-refractivity contribution < 1.29 is 24.5 Å². The van der Waals surface area contributed by atoms with Crippen LogP contribution in [0.3, 0.4) is 0 Å². The minimum absolute atomic E-state index is 0. The van der Waals surface area contributed by atoms with E-state index in [2.05, 4.69) is 167 Å². The van der Waals surface area contributed by atoms with Gasteiger partial charge in [0, 0.05) is 37.4 Å². The van der Waals surface area contributed by atoms with Crippen molar-refractivity contribution >= 4 is 46.4 Å². The van der Waals surface area contributed by atoms with Crippen molar-refractivity contribution in [2.24, 2.45) is 5.41 Å². The third-order valence-electron chi connectivity index (χ3n) is 11.1. The van der Waals surface area contributed by atoms with Crippen molar-refractivity contribution in [2.75, 3.05) is 0 Å². The molecule has 0 saturated heterocycles. The monoisotopic (exact) mass is 1010 g/mol. The van der Waals surface area contributed by atoms with Crippen LogP contribution in [-0.4, -0.2) is 38.0 Å². The molecule has 4 aromatic heterocycles. The summed E-state index contributed by atoms with van der Waals surface area (Å²) in [5.74, 6) is 1.20. The van der Waals surface area contributed by atoms with Crippen molar-refractivity contribution in [3.05, 3.63) is 150 Å². The summed E-state index contributed by atoms with van der Waals surface area (Å²) >= 11 is 0. The Kier molecular flexibility index (Phi) is 12.9. The topological polar surface area (TPSA) is 82.5 Å². The summed E-state index contributed by atoms with van der Waals surface area (Å²) in [4.78, 5) is 9.73. The van der Waals surface area contributed by atoms with Gasteiger partial charge in [0.2, 0.25) is 0 Å². The molecule has 0 atom stereocenters. The Hall–Kier alpha value is -5.60. The number of para-hydroxylation sites is 1. The third-order valence-corrected chi connectivity index (χ3v) is 13.1. The minimum atomic E-state index is -1.37. The van der Waals surface area contributed by atoms with Crippen LogP contribution in [0.25, 0.3) is 72.6 Å². The van der Waals surface area contributed by atoms with Crippen molar-refractivity contribution in [2.45, 2.75) is 86.4 Å². The molecule has 9 heteroatoms. The van der Waals surface area contributed by atoms with E-state index in [-0.39, 0.29) is 37.4 Å². The summed E-state index contributed by atoms with van der Waals surface area (Å²) in [5.41, 5.74) is 13.5. The molecule has 9 rings (SSSR count). The molecule has 5 aromatic carbocycles. The maximum atomic E-state index is 6.42. The van der Waals surface area contributed by atoms with E-state index in [1.54, 1.807) is 6.20 Å². The van der Waals surface area contributed by atoms with Crippen LogP contribution in [0.5, 0.6) is 0 Å². The molecular weight excluding hydrogens is 957 g/mol. The number of pyridine rings is 1. The minimum Gasteiger partial charge on any atom is -0.501 e. The number of rotatable bonds is 8. The first-order valence-electron chi connectivity index (χ1n) is 21.3. The van der Waals surface area contributed by atoms with E-state index in [1.165, 1.54) is 33.0 Å². The first-order chi connectivity index (χ1) is 29.2. The first kappa shape index (κ1) is 44.5. The molecule has 317 valence electrons. The van der Waals surface area contributed by atoms with Crippen molar-refractivity contribution in [3.8, 4) is 39.5 Å². The van der Waals surface area contributed by atoms with Crippen LogP contribution >= 0.6 is 0 Å². The van der Waals surface area contributed by atoms with E-state index in [0.717, 1.165) is 56.4 Å². The predicted molar refractivity (Wildman–Crippen MR) is 254 cm³/mol. The van der Waals surface area contributed by atoms with Gasteiger partial charge >= 0.3 is 0 Å². The summed E-state index contributed by atoms with van der Waals surface area (Å²) in [6.07, 6.45) is 4.95. The fourth-order valence-electron chi connectivity index (χ4n) is 8.22. The third kappa shape index (κ3) is 9.12. The van der Waals surface area contributed by atoms with E-state index in [9.17, 15) is 0 Å². The van der Waals surface area contributed by atoms with Crippen molar-refractivity contribution in [1.29, 1.82) is 0 Å². The summed E-state index contributed by atoms with van der Waals surface area (Å²) < 4.78 is 8.61. The van der Waals surface area contributed by atoms with Gasteiger partial charge in [-0.25, -0.2) is 0 Å². The van der Waals surface area contributed by atoms with Gasteiger partial charge in [-0.2, -0.15) is 0 Å². The first-order valence-corrected chi connectivity index (χ1v) is 24.8. The molecule has 0 spiro atoms. The summed E-state index contributed by atoms with van der Waals surface area (Å²) in [7, 11) is -1.37. The molecule has 0 unspecified atom stereocenters. The van der Waals surface area contributed by atoms with Gasteiger partial charge in [0.15, 0.2) is 5.65 Å². The molecule has 0 N–H and O–H groups in total. The Bertz CT molecular complexity index is 2950. The number of hydrogen-bond donors (Lipinski definition) is 0. The van der Waals surface area contributed by atoms with E-state index in [4.69, 9.17) is 14.4 Å². The zero-order valence-corrected chi connectivity index (χ0v) is 40.7. The number of aromatic nitrogens is 6. The van der Waals surface area contributed by atoms with E-state index >= 15 is 0 Å². The van der Waals surface area contributed by atoms with Crippen LogP contribution < -0.4 is 5.19 Å². The SMILES string of the molecule is CC(C)(C)Cc1cc(-c2[c-]cccc2)ncc1[Si](C)(C)C.CC(C)c1cc(-c2ccccc2)cc(C(C)C)c1-n1c(-c2[c-]ccc3c2oc2ccccc23)nc2nnncc21.[Ir]. The van der Waals surface area contributed by atoms with Gasteiger partial charge < -0.3 is 14.0 Å². The van der Waals surface area contributed by atoms with Crippen LogP contribution in [0.1, 0.15) is 77.0 Å². The number of furan rings is 1. The number of benzene rings is 5. The largest absolute Gasteiger partial charge is 0.501 e. The summed E-state index contributed by atoms with van der Waals surface area (Å²) in [6.45, 7) is 23.0. The van der Waals surface area contributed by atoms with Crippen LogP contribution in [0.4, 0.5) is 0 Å². The molecule has 0 bridgehead atoms. The molecular formula is C53H54IrN6OSi-2. The molecule has 0 saturated carbocycles. The Morgan fingerprint density at radius 3 is 2.10 bits per heavy atom. The fraction of sp³-hybridized carbons (Fsp3) is 0.264. The van der Waals surface area contributed by atoms with Crippen LogP contribution in [0, 0.1) is 17.5 Å². The normalized spacial score (nSPS) is 11.9. The van der Waals surface area contributed by atoms with Gasteiger partial charge in [-0.1, -0.05) is 139 Å². The smallest absolute Gasteiger partial charge is 0.194 e. The number of fused-ring (bicyclic) bond motifs is 4. The average molecular weight is 1010 g/mol. The van der Waals surface area contributed by atoms with Crippen LogP contribution in [0.15, 0.2) is 126 Å². The average Bonchev–Trinajstić information content (AvgIpc) is 3.82. The molecule has 0 aliphatic carbocycles. The van der Waals surface area contributed by atoms with E-state index in [0.29, 0.717) is 11.5 Å². The number of imidazole rings is 1. The zero-order chi connectivity index (χ0) is 43.1. The van der Waals surface area contributed by atoms with E-state index in [1.807, 2.05) is 48.5 Å². The molecule has 1 radical (unpaired) electrons. The van der Waals surface area contributed by atoms with Gasteiger partial charge in [-0.3, -0.25) is 4.98 Å². The second kappa shape index (κ2) is 18.0. The van der Waals surface area contributed by atoms with Gasteiger partial charge in [0.25, 0.3) is 0 Å². The van der Waals surface area contributed by atoms with Crippen molar-refractivity contribution in [1.82, 2.24) is 29.9 Å². The Morgan fingerprint density at radius 2 is 1.44 bits per heavy atom. The Labute approximate surface area is 380 Å². The van der Waals surface area contributed by atoms with Gasteiger partial charge in [0.05, 0.1) is 25.7 Å². The Morgan fingerprint density at radius 1 is 0.742 bits per heavy atom. The zero-order valence-electron chi connectivity index (χ0n) is 37.3. The van der Waals surface area contributed by atoms with E-state index < -0.39 is 8.07 Å². The predicted octanol–water partition coefficient (Wildman–Crippen LogP) is 13.2. The number of hydrogen-bond acceptors (Lipinski definition) is 6. The summed E-state index contributed by atoms with van der Waals surface area (Å²) in [6, 6.07) is 44.3. The quantitative estimate of drug-likeness (QED) is 0.111. The summed E-state index contributed by atoms with van der Waals surface area (Å²) in [5, 5.41) is 16.0. The van der Waals surface area contributed by atoms with Gasteiger partial charge in [-0.05, 0) is 80.2 Å². The van der Waals surface area contributed by atoms with Crippen LogP contribution in [0.2, 0.25) is 19.6 Å². The molecule has 0 aliphatic heterocycles. The Balaban J connectivity index is 0.000000223. The number of nitrogens with zero attached hydrogens (tertiary/aromatic N) is 6. The molecule has 7 nitrogen and oxygen atoms in total.